The quantitative estimate of drug-likeness (QED) is 0.795. The van der Waals surface area contributed by atoms with E-state index in [0.717, 1.165) is 30.9 Å². The van der Waals surface area contributed by atoms with E-state index in [2.05, 4.69) is 51.1 Å². The minimum absolute atomic E-state index is 0.0680. The first-order chi connectivity index (χ1) is 9.04. The third kappa shape index (κ3) is 4.43. The van der Waals surface area contributed by atoms with Gasteiger partial charge in [0.2, 0.25) is 5.91 Å². The molecule has 2 rings (SSSR count). The van der Waals surface area contributed by atoms with Crippen LogP contribution in [0.25, 0.3) is 0 Å². The summed E-state index contributed by atoms with van der Waals surface area (Å²) in [6.07, 6.45) is 0. The minimum atomic E-state index is 0.0680. The number of aryl methyl sites for hydroxylation is 1. The van der Waals surface area contributed by atoms with Crippen molar-refractivity contribution in [3.05, 3.63) is 27.3 Å². The summed E-state index contributed by atoms with van der Waals surface area (Å²) < 4.78 is 1.18. The van der Waals surface area contributed by atoms with Crippen LogP contribution >= 0.6 is 22.6 Å². The Morgan fingerprint density at radius 3 is 3.05 bits per heavy atom. The maximum Gasteiger partial charge on any atom is 0.238 e. The van der Waals surface area contributed by atoms with Crippen molar-refractivity contribution < 1.29 is 4.79 Å². The summed E-state index contributed by atoms with van der Waals surface area (Å²) in [6.45, 7) is 7.45. The van der Waals surface area contributed by atoms with Crippen LogP contribution in [0.15, 0.2) is 18.2 Å². The van der Waals surface area contributed by atoms with Crippen LogP contribution in [0.3, 0.4) is 0 Å². The summed E-state index contributed by atoms with van der Waals surface area (Å²) >= 11 is 2.27. The number of halogens is 1. The van der Waals surface area contributed by atoms with Gasteiger partial charge < -0.3 is 10.6 Å². The summed E-state index contributed by atoms with van der Waals surface area (Å²) in [4.78, 5) is 14.2. The van der Waals surface area contributed by atoms with Gasteiger partial charge in [-0.1, -0.05) is 0 Å². The summed E-state index contributed by atoms with van der Waals surface area (Å²) in [7, 11) is 0. The van der Waals surface area contributed by atoms with Gasteiger partial charge in [-0.05, 0) is 60.2 Å². The van der Waals surface area contributed by atoms with Gasteiger partial charge in [0.05, 0.1) is 6.54 Å². The number of anilines is 1. The minimum Gasteiger partial charge on any atom is -0.325 e. The van der Waals surface area contributed by atoms with Crippen LogP contribution in [-0.4, -0.2) is 43.0 Å². The molecule has 1 saturated heterocycles. The van der Waals surface area contributed by atoms with Crippen molar-refractivity contribution in [1.29, 1.82) is 0 Å². The maximum atomic E-state index is 12.0. The highest BCUT2D eigenvalue weighted by Crippen LogP contribution is 2.17. The number of nitrogens with zero attached hydrogens (tertiary/aromatic N) is 1. The molecular formula is C14H20IN3O. The topological polar surface area (TPSA) is 44.4 Å². The molecular weight excluding hydrogens is 353 g/mol. The Bertz CT molecular complexity index is 464. The molecule has 1 heterocycles. The zero-order valence-electron chi connectivity index (χ0n) is 11.4. The van der Waals surface area contributed by atoms with Crippen molar-refractivity contribution in [3.63, 3.8) is 0 Å². The first-order valence-electron chi connectivity index (χ1n) is 6.56. The molecule has 0 unspecified atom stereocenters. The lowest BCUT2D eigenvalue weighted by molar-refractivity contribution is -0.117. The van der Waals surface area contributed by atoms with E-state index in [4.69, 9.17) is 0 Å². The third-order valence-electron chi connectivity index (χ3n) is 3.28. The number of nitrogens with one attached hydrogen (secondary N) is 2. The summed E-state index contributed by atoms with van der Waals surface area (Å²) in [5, 5.41) is 6.37. The maximum absolute atomic E-state index is 12.0. The van der Waals surface area contributed by atoms with E-state index in [1.165, 1.54) is 3.57 Å². The molecule has 5 heteroatoms. The van der Waals surface area contributed by atoms with Crippen molar-refractivity contribution >= 4 is 34.2 Å². The zero-order valence-corrected chi connectivity index (χ0v) is 13.5. The highest BCUT2D eigenvalue weighted by molar-refractivity contribution is 14.1. The van der Waals surface area contributed by atoms with Crippen LogP contribution in [0.2, 0.25) is 0 Å². The summed E-state index contributed by atoms with van der Waals surface area (Å²) in [5.41, 5.74) is 2.02. The SMILES string of the molecule is Cc1cc(I)ccc1NC(=O)CN1CCN[C@@H](C)C1. The monoisotopic (exact) mass is 373 g/mol. The molecule has 1 amide bonds. The Labute approximate surface area is 128 Å². The fourth-order valence-electron chi connectivity index (χ4n) is 2.32. The molecule has 4 nitrogen and oxygen atoms in total. The molecule has 19 heavy (non-hydrogen) atoms. The number of carbonyl (C=O) groups excluding carboxylic acids is 1. The number of hydrogen-bond acceptors (Lipinski definition) is 3. The van der Waals surface area contributed by atoms with Crippen molar-refractivity contribution in [3.8, 4) is 0 Å². The molecule has 0 aliphatic carbocycles. The Kier molecular flexibility index (Phi) is 5.18. The highest BCUT2D eigenvalue weighted by Gasteiger charge is 2.18. The lowest BCUT2D eigenvalue weighted by Gasteiger charge is -2.31. The van der Waals surface area contributed by atoms with Crippen molar-refractivity contribution in [2.24, 2.45) is 0 Å². The standard InChI is InChI=1S/C14H20IN3O/c1-10-7-12(15)3-4-13(10)17-14(19)9-18-6-5-16-11(2)8-18/h3-4,7,11,16H,5-6,8-9H2,1-2H3,(H,17,19)/t11-/m0/s1. The molecule has 0 radical (unpaired) electrons. The van der Waals surface area contributed by atoms with Crippen LogP contribution in [0.4, 0.5) is 5.69 Å². The van der Waals surface area contributed by atoms with Crippen LogP contribution in [0, 0.1) is 10.5 Å². The first-order valence-corrected chi connectivity index (χ1v) is 7.64. The fraction of sp³-hybridized carbons (Fsp3) is 0.500. The number of hydrogen-bond donors (Lipinski definition) is 2. The van der Waals surface area contributed by atoms with Crippen LogP contribution in [0.1, 0.15) is 12.5 Å². The Morgan fingerprint density at radius 2 is 2.37 bits per heavy atom. The van der Waals surface area contributed by atoms with Gasteiger partial charge in [0.1, 0.15) is 0 Å². The Morgan fingerprint density at radius 1 is 1.58 bits per heavy atom. The molecule has 1 aromatic carbocycles. The second-order valence-corrected chi connectivity index (χ2v) is 6.34. The molecule has 1 aliphatic heterocycles. The van der Waals surface area contributed by atoms with Gasteiger partial charge >= 0.3 is 0 Å². The lowest BCUT2D eigenvalue weighted by atomic mass is 10.2. The van der Waals surface area contributed by atoms with Gasteiger partial charge in [-0.25, -0.2) is 0 Å². The highest BCUT2D eigenvalue weighted by atomic mass is 127. The van der Waals surface area contributed by atoms with Crippen molar-refractivity contribution in [2.45, 2.75) is 19.9 Å². The molecule has 1 fully saturated rings. The second-order valence-electron chi connectivity index (χ2n) is 5.10. The van der Waals surface area contributed by atoms with Crippen molar-refractivity contribution in [2.75, 3.05) is 31.5 Å². The van der Waals surface area contributed by atoms with Gasteiger partial charge in [0, 0.05) is 34.9 Å². The van der Waals surface area contributed by atoms with Gasteiger partial charge in [-0.3, -0.25) is 9.69 Å². The number of carbonyl (C=O) groups is 1. The largest absolute Gasteiger partial charge is 0.325 e. The van der Waals surface area contributed by atoms with E-state index in [-0.39, 0.29) is 5.91 Å². The summed E-state index contributed by atoms with van der Waals surface area (Å²) in [6, 6.07) is 6.51. The van der Waals surface area contributed by atoms with Crippen LogP contribution in [-0.2, 0) is 4.79 Å². The van der Waals surface area contributed by atoms with Crippen molar-refractivity contribution in [1.82, 2.24) is 10.2 Å². The lowest BCUT2D eigenvalue weighted by Crippen LogP contribution is -2.51. The second kappa shape index (κ2) is 6.67. The molecule has 0 aromatic heterocycles. The average molecular weight is 373 g/mol. The van der Waals surface area contributed by atoms with E-state index < -0.39 is 0 Å². The molecule has 1 atom stereocenters. The van der Waals surface area contributed by atoms with E-state index in [9.17, 15) is 4.79 Å². The third-order valence-corrected chi connectivity index (χ3v) is 3.95. The predicted octanol–water partition coefficient (Wildman–Crippen LogP) is 1.83. The van der Waals surface area contributed by atoms with E-state index in [1.54, 1.807) is 0 Å². The summed E-state index contributed by atoms with van der Waals surface area (Å²) in [5.74, 6) is 0.0680. The smallest absolute Gasteiger partial charge is 0.238 e. The average Bonchev–Trinajstić information content (AvgIpc) is 2.33. The normalized spacial score (nSPS) is 20.3. The Balaban J connectivity index is 1.90. The predicted molar refractivity (Wildman–Crippen MR) is 86.4 cm³/mol. The molecule has 0 saturated carbocycles. The van der Waals surface area contributed by atoms with E-state index in [0.29, 0.717) is 12.6 Å². The van der Waals surface area contributed by atoms with Crippen LogP contribution in [0.5, 0.6) is 0 Å². The number of rotatable bonds is 3. The first kappa shape index (κ1) is 14.7. The van der Waals surface area contributed by atoms with Gasteiger partial charge in [0.15, 0.2) is 0 Å². The molecule has 1 aromatic rings. The molecule has 0 bridgehead atoms. The number of benzene rings is 1. The van der Waals surface area contributed by atoms with Gasteiger partial charge in [-0.2, -0.15) is 0 Å². The van der Waals surface area contributed by atoms with Gasteiger partial charge in [0.25, 0.3) is 0 Å². The number of piperazine rings is 1. The molecule has 1 aliphatic rings. The molecule has 0 spiro atoms. The number of amides is 1. The Hall–Kier alpha value is -0.660. The van der Waals surface area contributed by atoms with Gasteiger partial charge in [-0.15, -0.1) is 0 Å². The van der Waals surface area contributed by atoms with E-state index in [1.807, 2.05) is 19.1 Å². The molecule has 104 valence electrons. The van der Waals surface area contributed by atoms with E-state index >= 15 is 0 Å². The molecule has 2 N–H and O–H groups in total. The van der Waals surface area contributed by atoms with Crippen LogP contribution < -0.4 is 10.6 Å². The zero-order chi connectivity index (χ0) is 13.8. The fourth-order valence-corrected chi connectivity index (χ4v) is 2.96.